The molecule has 3 N–H and O–H groups in total. The van der Waals surface area contributed by atoms with Gasteiger partial charge >= 0.3 is 11.9 Å². The van der Waals surface area contributed by atoms with Crippen LogP contribution in [0.4, 0.5) is 0 Å². The zero-order chi connectivity index (χ0) is 13.7. The SMILES string of the molecule is Cc1c(C(=O)O)cccc1C(=O)O.OC1CCC1. The van der Waals surface area contributed by atoms with Gasteiger partial charge in [-0.1, -0.05) is 6.07 Å². The summed E-state index contributed by atoms with van der Waals surface area (Å²) in [7, 11) is 0. The Morgan fingerprint density at radius 1 is 1.11 bits per heavy atom. The monoisotopic (exact) mass is 252 g/mol. The Morgan fingerprint density at radius 3 is 1.72 bits per heavy atom. The van der Waals surface area contributed by atoms with Crippen molar-refractivity contribution in [3.8, 4) is 0 Å². The minimum absolute atomic E-state index is 0.0277. The molecule has 1 saturated carbocycles. The second-order valence-electron chi connectivity index (χ2n) is 4.17. The van der Waals surface area contributed by atoms with E-state index in [0.717, 1.165) is 12.8 Å². The van der Waals surface area contributed by atoms with Gasteiger partial charge in [-0.3, -0.25) is 0 Å². The van der Waals surface area contributed by atoms with Crippen molar-refractivity contribution in [3.05, 3.63) is 34.9 Å². The van der Waals surface area contributed by atoms with Gasteiger partial charge in [0, 0.05) is 0 Å². The first-order valence-corrected chi connectivity index (χ1v) is 5.67. The molecule has 0 heterocycles. The topological polar surface area (TPSA) is 94.8 Å². The van der Waals surface area contributed by atoms with Crippen LogP contribution in [0, 0.1) is 6.92 Å². The molecule has 5 heteroatoms. The van der Waals surface area contributed by atoms with Crippen molar-refractivity contribution in [2.24, 2.45) is 0 Å². The maximum absolute atomic E-state index is 10.6. The predicted octanol–water partition coefficient (Wildman–Crippen LogP) is 1.92. The first kappa shape index (κ1) is 14.2. The Hall–Kier alpha value is -1.88. The summed E-state index contributed by atoms with van der Waals surface area (Å²) in [5.41, 5.74) is 0.335. The van der Waals surface area contributed by atoms with Crippen molar-refractivity contribution in [1.29, 1.82) is 0 Å². The molecule has 1 aliphatic rings. The minimum atomic E-state index is -1.11. The zero-order valence-electron chi connectivity index (χ0n) is 10.1. The third kappa shape index (κ3) is 3.56. The number of benzene rings is 1. The third-order valence-corrected chi connectivity index (χ3v) is 2.87. The van der Waals surface area contributed by atoms with Gasteiger partial charge in [-0.05, 0) is 43.9 Å². The summed E-state index contributed by atoms with van der Waals surface area (Å²) < 4.78 is 0. The average molecular weight is 252 g/mol. The molecule has 1 aliphatic carbocycles. The number of hydrogen-bond donors (Lipinski definition) is 3. The lowest BCUT2D eigenvalue weighted by Gasteiger charge is -2.17. The molecule has 0 amide bonds. The van der Waals surface area contributed by atoms with E-state index in [-0.39, 0.29) is 22.8 Å². The van der Waals surface area contributed by atoms with E-state index in [1.807, 2.05) is 0 Å². The van der Waals surface area contributed by atoms with Crippen LogP contribution in [-0.2, 0) is 0 Å². The summed E-state index contributed by atoms with van der Waals surface area (Å²) in [4.78, 5) is 21.2. The number of aromatic carboxylic acids is 2. The predicted molar refractivity (Wildman–Crippen MR) is 65.0 cm³/mol. The van der Waals surface area contributed by atoms with Crippen LogP contribution in [0.1, 0.15) is 45.5 Å². The number of aliphatic hydroxyl groups excluding tert-OH is 1. The number of rotatable bonds is 2. The highest BCUT2D eigenvalue weighted by Gasteiger charge is 2.13. The van der Waals surface area contributed by atoms with Gasteiger partial charge in [0.15, 0.2) is 0 Å². The summed E-state index contributed by atoms with van der Waals surface area (Å²) in [6.45, 7) is 1.48. The van der Waals surface area contributed by atoms with Crippen molar-refractivity contribution in [3.63, 3.8) is 0 Å². The van der Waals surface area contributed by atoms with Crippen molar-refractivity contribution in [2.75, 3.05) is 0 Å². The standard InChI is InChI=1S/C9H8O4.C4H8O/c1-5-6(8(10)11)3-2-4-7(5)9(12)13;5-4-2-1-3-4/h2-4H,1H3,(H,10,11)(H,12,13);4-5H,1-3H2. The maximum atomic E-state index is 10.6. The van der Waals surface area contributed by atoms with Crippen LogP contribution >= 0.6 is 0 Å². The Kier molecular flexibility index (Phi) is 4.85. The molecular weight excluding hydrogens is 236 g/mol. The molecule has 0 unspecified atom stereocenters. The van der Waals surface area contributed by atoms with Crippen LogP contribution < -0.4 is 0 Å². The fourth-order valence-corrected chi connectivity index (χ4v) is 1.49. The Balaban J connectivity index is 0.000000269. The quantitative estimate of drug-likeness (QED) is 0.747. The molecule has 98 valence electrons. The maximum Gasteiger partial charge on any atom is 0.335 e. The van der Waals surface area contributed by atoms with Gasteiger partial charge in [0.25, 0.3) is 0 Å². The molecule has 0 bridgehead atoms. The summed E-state index contributed by atoms with van der Waals surface area (Å²) >= 11 is 0. The van der Waals surface area contributed by atoms with Gasteiger partial charge < -0.3 is 15.3 Å². The second-order valence-corrected chi connectivity index (χ2v) is 4.17. The molecule has 2 rings (SSSR count). The van der Waals surface area contributed by atoms with E-state index in [2.05, 4.69) is 0 Å². The van der Waals surface area contributed by atoms with Crippen LogP contribution in [0.5, 0.6) is 0 Å². The van der Waals surface area contributed by atoms with Crippen LogP contribution in [0.2, 0.25) is 0 Å². The van der Waals surface area contributed by atoms with Crippen LogP contribution in [-0.4, -0.2) is 33.4 Å². The van der Waals surface area contributed by atoms with E-state index < -0.39 is 11.9 Å². The molecule has 0 spiro atoms. The van der Waals surface area contributed by atoms with Gasteiger partial charge in [-0.25, -0.2) is 9.59 Å². The molecular formula is C13H16O5. The molecule has 0 aliphatic heterocycles. The van der Waals surface area contributed by atoms with Crippen molar-refractivity contribution < 1.29 is 24.9 Å². The van der Waals surface area contributed by atoms with Crippen LogP contribution in [0.15, 0.2) is 18.2 Å². The fourth-order valence-electron chi connectivity index (χ4n) is 1.49. The normalized spacial score (nSPS) is 14.1. The summed E-state index contributed by atoms with van der Waals surface area (Å²) in [6, 6.07) is 4.17. The van der Waals surface area contributed by atoms with Gasteiger partial charge in [0.1, 0.15) is 0 Å². The highest BCUT2D eigenvalue weighted by atomic mass is 16.4. The van der Waals surface area contributed by atoms with Gasteiger partial charge in [-0.2, -0.15) is 0 Å². The Labute approximate surface area is 105 Å². The zero-order valence-corrected chi connectivity index (χ0v) is 10.1. The number of carboxylic acids is 2. The summed E-state index contributed by atoms with van der Waals surface area (Å²) in [6.07, 6.45) is 3.39. The lowest BCUT2D eigenvalue weighted by atomic mass is 9.97. The smallest absolute Gasteiger partial charge is 0.335 e. The molecule has 1 aromatic carbocycles. The van der Waals surface area contributed by atoms with E-state index in [1.54, 1.807) is 0 Å². The van der Waals surface area contributed by atoms with Crippen molar-refractivity contribution in [2.45, 2.75) is 32.3 Å². The molecule has 1 fully saturated rings. The van der Waals surface area contributed by atoms with Gasteiger partial charge in [0.2, 0.25) is 0 Å². The number of carboxylic acid groups (broad SMARTS) is 2. The van der Waals surface area contributed by atoms with Gasteiger partial charge in [0.05, 0.1) is 17.2 Å². The molecule has 5 nitrogen and oxygen atoms in total. The minimum Gasteiger partial charge on any atom is -0.478 e. The van der Waals surface area contributed by atoms with E-state index in [1.165, 1.54) is 31.5 Å². The molecule has 0 saturated heterocycles. The molecule has 0 atom stereocenters. The Morgan fingerprint density at radius 2 is 1.50 bits per heavy atom. The van der Waals surface area contributed by atoms with Gasteiger partial charge in [-0.15, -0.1) is 0 Å². The third-order valence-electron chi connectivity index (χ3n) is 2.87. The number of hydrogen-bond acceptors (Lipinski definition) is 3. The molecule has 0 radical (unpaired) electrons. The second kappa shape index (κ2) is 6.16. The van der Waals surface area contributed by atoms with Crippen molar-refractivity contribution >= 4 is 11.9 Å². The molecule has 0 aromatic heterocycles. The van der Waals surface area contributed by atoms with E-state index in [4.69, 9.17) is 15.3 Å². The average Bonchev–Trinajstić information content (AvgIpc) is 2.26. The van der Waals surface area contributed by atoms with E-state index in [0.29, 0.717) is 0 Å². The first-order chi connectivity index (χ1) is 8.43. The fraction of sp³-hybridized carbons (Fsp3) is 0.385. The highest BCUT2D eigenvalue weighted by Crippen LogP contribution is 2.16. The van der Waals surface area contributed by atoms with E-state index >= 15 is 0 Å². The lowest BCUT2D eigenvalue weighted by Crippen LogP contribution is -2.15. The van der Waals surface area contributed by atoms with Crippen LogP contribution in [0.3, 0.4) is 0 Å². The lowest BCUT2D eigenvalue weighted by molar-refractivity contribution is 0.0696. The largest absolute Gasteiger partial charge is 0.478 e. The van der Waals surface area contributed by atoms with E-state index in [9.17, 15) is 9.59 Å². The molecule has 18 heavy (non-hydrogen) atoms. The Bertz CT molecular complexity index is 416. The summed E-state index contributed by atoms with van der Waals surface area (Å²) in [5.74, 6) is -2.22. The highest BCUT2D eigenvalue weighted by molar-refractivity contribution is 5.96. The summed E-state index contributed by atoms with van der Waals surface area (Å²) in [5, 5.41) is 25.8. The number of carbonyl (C=O) groups is 2. The molecule has 1 aromatic rings. The van der Waals surface area contributed by atoms with Crippen LogP contribution in [0.25, 0.3) is 0 Å². The van der Waals surface area contributed by atoms with Crippen molar-refractivity contribution in [1.82, 2.24) is 0 Å². The first-order valence-electron chi connectivity index (χ1n) is 5.67. The number of aliphatic hydroxyl groups is 1.